The van der Waals surface area contributed by atoms with Crippen molar-refractivity contribution >= 4 is 81.7 Å². The van der Waals surface area contributed by atoms with Crippen molar-refractivity contribution in [3.63, 3.8) is 0 Å². The van der Waals surface area contributed by atoms with E-state index in [-0.39, 0.29) is 0 Å². The van der Waals surface area contributed by atoms with E-state index in [1.165, 1.54) is 60.0 Å². The third-order valence-electron chi connectivity index (χ3n) is 11.0. The number of nitrogens with zero attached hydrogens (tertiary/aromatic N) is 4. The first kappa shape index (κ1) is 27.7. The maximum Gasteiger partial charge on any atom is 0.165 e. The number of para-hydroxylation sites is 2. The van der Waals surface area contributed by atoms with Crippen molar-refractivity contribution in [3.8, 4) is 28.2 Å². The van der Waals surface area contributed by atoms with Crippen molar-refractivity contribution in [2.24, 2.45) is 0 Å². The summed E-state index contributed by atoms with van der Waals surface area (Å²) in [5.41, 5.74) is 11.9. The molecule has 0 spiro atoms. The normalized spacial score (nSPS) is 12.2. The van der Waals surface area contributed by atoms with Gasteiger partial charge in [-0.05, 0) is 52.2 Å². The molecule has 12 aromatic rings. The molecule has 0 aliphatic carbocycles. The molecular formula is C48H28N4. The highest BCUT2D eigenvalue weighted by molar-refractivity contribution is 6.31. The topological polar surface area (TPSA) is 35.1 Å². The molecule has 4 heteroatoms. The van der Waals surface area contributed by atoms with Crippen LogP contribution < -0.4 is 0 Å². The van der Waals surface area contributed by atoms with Crippen LogP contribution in [0.25, 0.3) is 110 Å². The number of aromatic nitrogens is 4. The van der Waals surface area contributed by atoms with Crippen molar-refractivity contribution in [1.82, 2.24) is 18.9 Å². The monoisotopic (exact) mass is 660 g/mol. The largest absolute Gasteiger partial charge is 0.308 e. The lowest BCUT2D eigenvalue weighted by Gasteiger charge is -2.15. The molecule has 0 radical (unpaired) electrons. The standard InChI is InChI=1S/C48H28N4/c1-2-11-29(12-3-1)30-23-25-32(26-24-30)45-48(49-38-28-27-31-13-4-5-14-33(31)46(38)50-45)52-40-20-9-16-35-37-18-8-17-36-34-15-6-7-19-39(34)51(47(36)37)41-21-10-22-42(52)44(41)43(35)40/h1-28H. The van der Waals surface area contributed by atoms with Crippen molar-refractivity contribution in [3.05, 3.63) is 170 Å². The van der Waals surface area contributed by atoms with Crippen LogP contribution in [0.5, 0.6) is 0 Å². The Balaban J connectivity index is 1.25. The van der Waals surface area contributed by atoms with E-state index in [2.05, 4.69) is 179 Å². The minimum atomic E-state index is 0.820. The van der Waals surface area contributed by atoms with Gasteiger partial charge in [-0.3, -0.25) is 4.57 Å². The van der Waals surface area contributed by atoms with Gasteiger partial charge in [0.1, 0.15) is 5.69 Å². The van der Waals surface area contributed by atoms with Gasteiger partial charge < -0.3 is 4.40 Å². The smallest absolute Gasteiger partial charge is 0.165 e. The molecule has 8 aromatic carbocycles. The second-order valence-electron chi connectivity index (χ2n) is 13.8. The Morgan fingerprint density at radius 2 is 0.962 bits per heavy atom. The van der Waals surface area contributed by atoms with Crippen molar-refractivity contribution < 1.29 is 0 Å². The minimum absolute atomic E-state index is 0.820. The fourth-order valence-electron chi connectivity index (χ4n) is 8.80. The van der Waals surface area contributed by atoms with E-state index in [4.69, 9.17) is 9.97 Å². The highest BCUT2D eigenvalue weighted by Gasteiger charge is 2.24. The predicted molar refractivity (Wildman–Crippen MR) is 217 cm³/mol. The van der Waals surface area contributed by atoms with Gasteiger partial charge in [-0.25, -0.2) is 9.97 Å². The second kappa shape index (κ2) is 10.3. The molecule has 0 fully saturated rings. The molecule has 0 saturated heterocycles. The van der Waals surface area contributed by atoms with Crippen LogP contribution in [-0.2, 0) is 0 Å². The maximum atomic E-state index is 5.54. The number of hydrogen-bond donors (Lipinski definition) is 0. The molecule has 0 aliphatic rings. The van der Waals surface area contributed by atoms with Gasteiger partial charge in [0.15, 0.2) is 5.82 Å². The maximum absolute atomic E-state index is 5.54. The van der Waals surface area contributed by atoms with E-state index in [1.807, 2.05) is 0 Å². The lowest BCUT2D eigenvalue weighted by Crippen LogP contribution is -2.04. The molecule has 240 valence electrons. The Kier molecular flexibility index (Phi) is 5.47. The van der Waals surface area contributed by atoms with Gasteiger partial charge in [-0.1, -0.05) is 140 Å². The molecule has 0 saturated carbocycles. The van der Waals surface area contributed by atoms with Gasteiger partial charge in [0.2, 0.25) is 0 Å². The van der Waals surface area contributed by atoms with E-state index in [0.29, 0.717) is 0 Å². The van der Waals surface area contributed by atoms with Crippen LogP contribution in [0, 0.1) is 0 Å². The molecule has 4 aromatic heterocycles. The van der Waals surface area contributed by atoms with Crippen molar-refractivity contribution in [2.45, 2.75) is 0 Å². The van der Waals surface area contributed by atoms with E-state index >= 15 is 0 Å². The Bertz CT molecular complexity index is 3390. The zero-order valence-electron chi connectivity index (χ0n) is 28.0. The number of fused-ring (bicyclic) bond motifs is 8. The Morgan fingerprint density at radius 1 is 0.365 bits per heavy atom. The molecule has 0 amide bonds. The molecule has 0 N–H and O–H groups in total. The van der Waals surface area contributed by atoms with Gasteiger partial charge in [0.05, 0.1) is 38.6 Å². The third-order valence-corrected chi connectivity index (χ3v) is 11.0. The average molecular weight is 661 g/mol. The summed E-state index contributed by atoms with van der Waals surface area (Å²) in [5.74, 6) is 0.820. The average Bonchev–Trinajstić information content (AvgIpc) is 3.69. The van der Waals surface area contributed by atoms with Crippen molar-refractivity contribution in [2.75, 3.05) is 0 Å². The summed E-state index contributed by atoms with van der Waals surface area (Å²) in [6.45, 7) is 0. The summed E-state index contributed by atoms with van der Waals surface area (Å²) >= 11 is 0. The number of rotatable bonds is 3. The zero-order valence-corrected chi connectivity index (χ0v) is 28.0. The molecule has 4 heterocycles. The fourth-order valence-corrected chi connectivity index (χ4v) is 8.80. The van der Waals surface area contributed by atoms with E-state index < -0.39 is 0 Å². The fraction of sp³-hybridized carbons (Fsp3) is 0. The second-order valence-corrected chi connectivity index (χ2v) is 13.8. The first-order valence-corrected chi connectivity index (χ1v) is 17.8. The molecule has 0 bridgehead atoms. The number of benzene rings is 8. The Morgan fingerprint density at radius 3 is 1.83 bits per heavy atom. The molecular weight excluding hydrogens is 633 g/mol. The highest BCUT2D eigenvalue weighted by atomic mass is 15.1. The van der Waals surface area contributed by atoms with Crippen LogP contribution in [0.15, 0.2) is 170 Å². The van der Waals surface area contributed by atoms with Crippen molar-refractivity contribution in [1.29, 1.82) is 0 Å². The zero-order chi connectivity index (χ0) is 33.9. The first-order valence-electron chi connectivity index (χ1n) is 17.8. The minimum Gasteiger partial charge on any atom is -0.308 e. The number of hydrogen-bond acceptors (Lipinski definition) is 2. The van der Waals surface area contributed by atoms with E-state index in [1.54, 1.807) is 0 Å². The van der Waals surface area contributed by atoms with Crippen LogP contribution in [0.2, 0.25) is 0 Å². The summed E-state index contributed by atoms with van der Waals surface area (Å²) in [6.07, 6.45) is 0. The lowest BCUT2D eigenvalue weighted by atomic mass is 10.0. The summed E-state index contributed by atoms with van der Waals surface area (Å²) in [4.78, 5) is 11.1. The van der Waals surface area contributed by atoms with E-state index in [0.717, 1.165) is 49.9 Å². The third kappa shape index (κ3) is 3.65. The van der Waals surface area contributed by atoms with Crippen LogP contribution in [0.3, 0.4) is 0 Å². The van der Waals surface area contributed by atoms with Crippen LogP contribution in [-0.4, -0.2) is 18.9 Å². The SMILES string of the molecule is c1ccc(-c2ccc(-c3nc4c(ccc5ccccc54)nc3-n3c4cccc5c6cccc7c8ccccc8n(c8cccc3c8c54)c67)cc2)cc1. The molecule has 0 atom stereocenters. The van der Waals surface area contributed by atoms with Gasteiger partial charge in [0, 0.05) is 37.9 Å². The van der Waals surface area contributed by atoms with Gasteiger partial charge >= 0.3 is 0 Å². The van der Waals surface area contributed by atoms with Crippen LogP contribution >= 0.6 is 0 Å². The van der Waals surface area contributed by atoms with Crippen LogP contribution in [0.4, 0.5) is 0 Å². The molecule has 12 rings (SSSR count). The van der Waals surface area contributed by atoms with Gasteiger partial charge in [0.25, 0.3) is 0 Å². The quantitative estimate of drug-likeness (QED) is 0.177. The summed E-state index contributed by atoms with van der Waals surface area (Å²) in [7, 11) is 0. The van der Waals surface area contributed by atoms with Gasteiger partial charge in [-0.15, -0.1) is 0 Å². The van der Waals surface area contributed by atoms with E-state index in [9.17, 15) is 0 Å². The highest BCUT2D eigenvalue weighted by Crippen LogP contribution is 2.45. The predicted octanol–water partition coefficient (Wildman–Crippen LogP) is 12.4. The Labute approximate surface area is 297 Å². The lowest BCUT2D eigenvalue weighted by molar-refractivity contribution is 1.08. The molecule has 0 unspecified atom stereocenters. The summed E-state index contributed by atoms with van der Waals surface area (Å²) in [6, 6.07) is 61.0. The summed E-state index contributed by atoms with van der Waals surface area (Å²) < 4.78 is 4.84. The molecule has 4 nitrogen and oxygen atoms in total. The first-order chi connectivity index (χ1) is 25.8. The van der Waals surface area contributed by atoms with Gasteiger partial charge in [-0.2, -0.15) is 0 Å². The molecule has 0 aliphatic heterocycles. The molecule has 52 heavy (non-hydrogen) atoms. The van der Waals surface area contributed by atoms with Crippen LogP contribution in [0.1, 0.15) is 0 Å². The Hall–Kier alpha value is -7.04. The summed E-state index contributed by atoms with van der Waals surface area (Å²) in [5, 5.41) is 9.71.